The lowest BCUT2D eigenvalue weighted by Gasteiger charge is -2.18. The highest BCUT2D eigenvalue weighted by atomic mass is 79.9. The molecule has 0 saturated heterocycles. The molecule has 0 aliphatic rings. The zero-order valence-electron chi connectivity index (χ0n) is 13.5. The molecule has 0 aliphatic carbocycles. The van der Waals surface area contributed by atoms with E-state index in [2.05, 4.69) is 21.2 Å². The third kappa shape index (κ3) is 5.11. The molecule has 2 rings (SSSR count). The molecule has 0 unspecified atom stereocenters. The fraction of sp³-hybridized carbons (Fsp3) is 0.176. The van der Waals surface area contributed by atoms with Gasteiger partial charge in [0.2, 0.25) is 5.91 Å². The van der Waals surface area contributed by atoms with Crippen molar-refractivity contribution in [2.45, 2.75) is 0 Å². The maximum absolute atomic E-state index is 12.5. The van der Waals surface area contributed by atoms with Gasteiger partial charge in [-0.3, -0.25) is 9.59 Å². The first kappa shape index (κ1) is 19.6. The van der Waals surface area contributed by atoms with Crippen LogP contribution >= 0.6 is 39.1 Å². The van der Waals surface area contributed by atoms with Gasteiger partial charge in [-0.15, -0.1) is 0 Å². The van der Waals surface area contributed by atoms with Crippen molar-refractivity contribution in [1.29, 1.82) is 0 Å². The van der Waals surface area contributed by atoms with E-state index in [1.54, 1.807) is 36.4 Å². The van der Waals surface area contributed by atoms with Crippen LogP contribution in [0.25, 0.3) is 0 Å². The summed E-state index contributed by atoms with van der Waals surface area (Å²) >= 11 is 15.3. The van der Waals surface area contributed by atoms with Gasteiger partial charge in [0.1, 0.15) is 5.75 Å². The zero-order chi connectivity index (χ0) is 18.6. The number of benzene rings is 2. The third-order valence-corrected chi connectivity index (χ3v) is 4.38. The fourth-order valence-corrected chi connectivity index (χ4v) is 2.85. The third-order valence-electron chi connectivity index (χ3n) is 3.32. The molecule has 8 heteroatoms. The number of likely N-dealkylation sites (N-methyl/N-ethyl adjacent to an activating group) is 1. The molecule has 0 heterocycles. The van der Waals surface area contributed by atoms with E-state index in [4.69, 9.17) is 27.9 Å². The first-order chi connectivity index (χ1) is 11.8. The van der Waals surface area contributed by atoms with E-state index in [1.165, 1.54) is 19.1 Å². The molecule has 0 aromatic heterocycles. The van der Waals surface area contributed by atoms with Gasteiger partial charge in [-0.05, 0) is 36.4 Å². The first-order valence-electron chi connectivity index (χ1n) is 7.15. The lowest BCUT2D eigenvalue weighted by atomic mass is 10.2. The van der Waals surface area contributed by atoms with E-state index in [-0.39, 0.29) is 18.4 Å². The molecule has 132 valence electrons. The Kier molecular flexibility index (Phi) is 6.70. The van der Waals surface area contributed by atoms with Crippen LogP contribution in [0.3, 0.4) is 0 Å². The Labute approximate surface area is 164 Å². The van der Waals surface area contributed by atoms with Gasteiger partial charge in [-0.25, -0.2) is 0 Å². The summed E-state index contributed by atoms with van der Waals surface area (Å²) in [5.41, 5.74) is 0.744. The Morgan fingerprint density at radius 2 is 1.92 bits per heavy atom. The highest BCUT2D eigenvalue weighted by Gasteiger charge is 2.18. The van der Waals surface area contributed by atoms with Gasteiger partial charge in [0.15, 0.2) is 0 Å². The zero-order valence-corrected chi connectivity index (χ0v) is 16.6. The Balaban J connectivity index is 2.08. The second-order valence-corrected chi connectivity index (χ2v) is 6.94. The number of ether oxygens (including phenoxy) is 1. The lowest BCUT2D eigenvalue weighted by Crippen LogP contribution is -2.35. The van der Waals surface area contributed by atoms with Gasteiger partial charge < -0.3 is 15.0 Å². The number of carbonyl (C=O) groups excluding carboxylic acids is 2. The van der Waals surface area contributed by atoms with Crippen LogP contribution in [0.5, 0.6) is 5.75 Å². The highest BCUT2D eigenvalue weighted by Crippen LogP contribution is 2.27. The molecule has 0 atom stereocenters. The predicted octanol–water partition coefficient (Wildman–Crippen LogP) is 4.48. The molecule has 25 heavy (non-hydrogen) atoms. The molecule has 0 radical (unpaired) electrons. The topological polar surface area (TPSA) is 58.6 Å². The average Bonchev–Trinajstić information content (AvgIpc) is 2.56. The van der Waals surface area contributed by atoms with Crippen LogP contribution in [-0.2, 0) is 4.79 Å². The summed E-state index contributed by atoms with van der Waals surface area (Å²) in [5, 5.41) is 3.46. The predicted molar refractivity (Wildman–Crippen MR) is 103 cm³/mol. The van der Waals surface area contributed by atoms with Gasteiger partial charge in [0.25, 0.3) is 5.91 Å². The van der Waals surface area contributed by atoms with Crippen molar-refractivity contribution in [2.75, 3.05) is 26.0 Å². The number of nitrogens with zero attached hydrogens (tertiary/aromatic N) is 1. The van der Waals surface area contributed by atoms with Crippen molar-refractivity contribution in [1.82, 2.24) is 4.90 Å². The summed E-state index contributed by atoms with van der Waals surface area (Å²) in [6, 6.07) is 9.83. The molecule has 1 N–H and O–H groups in total. The molecule has 5 nitrogen and oxygen atoms in total. The van der Waals surface area contributed by atoms with E-state index < -0.39 is 0 Å². The van der Waals surface area contributed by atoms with Crippen molar-refractivity contribution in [3.8, 4) is 5.75 Å². The number of hydrogen-bond donors (Lipinski definition) is 1. The number of halogens is 3. The molecular formula is C17H15BrCl2N2O3. The summed E-state index contributed by atoms with van der Waals surface area (Å²) < 4.78 is 5.90. The summed E-state index contributed by atoms with van der Waals surface area (Å²) in [5.74, 6) is -0.274. The smallest absolute Gasteiger partial charge is 0.255 e. The van der Waals surface area contributed by atoms with Crippen LogP contribution in [0.15, 0.2) is 40.9 Å². The van der Waals surface area contributed by atoms with Crippen molar-refractivity contribution < 1.29 is 14.3 Å². The largest absolute Gasteiger partial charge is 0.495 e. The number of hydrogen-bond acceptors (Lipinski definition) is 3. The van der Waals surface area contributed by atoms with Crippen LogP contribution in [0.1, 0.15) is 10.4 Å². The number of rotatable bonds is 5. The van der Waals surface area contributed by atoms with E-state index >= 15 is 0 Å². The van der Waals surface area contributed by atoms with Crippen molar-refractivity contribution >= 4 is 56.6 Å². The fourth-order valence-electron chi connectivity index (χ4n) is 2.12. The summed E-state index contributed by atoms with van der Waals surface area (Å²) in [6.07, 6.45) is 0. The number of methoxy groups -OCH3 is 1. The van der Waals surface area contributed by atoms with Gasteiger partial charge in [-0.2, -0.15) is 0 Å². The molecule has 0 fully saturated rings. The Morgan fingerprint density at radius 3 is 2.60 bits per heavy atom. The van der Waals surface area contributed by atoms with E-state index in [1.807, 2.05) is 0 Å². The average molecular weight is 446 g/mol. The molecule has 2 amide bonds. The SMILES string of the molecule is COc1ccc(Cl)cc1NC(=O)CN(C)C(=O)c1cc(Br)ccc1Cl. The molecule has 2 aromatic rings. The Bertz CT molecular complexity index is 814. The highest BCUT2D eigenvalue weighted by molar-refractivity contribution is 9.10. The minimum absolute atomic E-state index is 0.155. The van der Waals surface area contributed by atoms with Crippen LogP contribution in [0, 0.1) is 0 Å². The number of anilines is 1. The maximum atomic E-state index is 12.5. The Morgan fingerprint density at radius 1 is 1.20 bits per heavy atom. The van der Waals surface area contributed by atoms with Gasteiger partial charge >= 0.3 is 0 Å². The summed E-state index contributed by atoms with van der Waals surface area (Å²) in [4.78, 5) is 26.0. The van der Waals surface area contributed by atoms with E-state index in [9.17, 15) is 9.59 Å². The molecular weight excluding hydrogens is 431 g/mol. The molecule has 0 saturated carbocycles. The van der Waals surface area contributed by atoms with E-state index in [0.717, 1.165) is 4.47 Å². The van der Waals surface area contributed by atoms with Crippen molar-refractivity contribution in [3.63, 3.8) is 0 Å². The van der Waals surface area contributed by atoms with Crippen LogP contribution < -0.4 is 10.1 Å². The first-order valence-corrected chi connectivity index (χ1v) is 8.70. The van der Waals surface area contributed by atoms with Crippen molar-refractivity contribution in [3.05, 3.63) is 56.5 Å². The summed E-state index contributed by atoms with van der Waals surface area (Å²) in [7, 11) is 3.01. The second-order valence-electron chi connectivity index (χ2n) is 5.18. The van der Waals surface area contributed by atoms with Crippen molar-refractivity contribution in [2.24, 2.45) is 0 Å². The maximum Gasteiger partial charge on any atom is 0.255 e. The molecule has 0 bridgehead atoms. The van der Waals surface area contributed by atoms with Crippen LogP contribution in [-0.4, -0.2) is 37.4 Å². The Hall–Kier alpha value is -1.76. The monoisotopic (exact) mass is 444 g/mol. The normalized spacial score (nSPS) is 10.3. The number of nitrogens with one attached hydrogen (secondary N) is 1. The number of carbonyl (C=O) groups is 2. The molecule has 0 aliphatic heterocycles. The lowest BCUT2D eigenvalue weighted by molar-refractivity contribution is -0.116. The second kappa shape index (κ2) is 8.56. The minimum Gasteiger partial charge on any atom is -0.495 e. The standard InChI is InChI=1S/C17H15BrCl2N2O3/c1-22(17(24)12-7-10(18)3-5-13(12)20)9-16(23)21-14-8-11(19)4-6-15(14)25-2/h3-8H,9H2,1-2H3,(H,21,23). The quantitative estimate of drug-likeness (QED) is 0.738. The summed E-state index contributed by atoms with van der Waals surface area (Å²) in [6.45, 7) is -0.155. The van der Waals surface area contributed by atoms with Gasteiger partial charge in [-0.1, -0.05) is 39.1 Å². The van der Waals surface area contributed by atoms with Crippen LogP contribution in [0.4, 0.5) is 5.69 Å². The number of amides is 2. The van der Waals surface area contributed by atoms with Gasteiger partial charge in [0, 0.05) is 16.5 Å². The van der Waals surface area contributed by atoms with E-state index in [0.29, 0.717) is 27.0 Å². The van der Waals surface area contributed by atoms with Crippen LogP contribution in [0.2, 0.25) is 10.0 Å². The molecule has 2 aromatic carbocycles. The minimum atomic E-state index is -0.387. The van der Waals surface area contributed by atoms with Gasteiger partial charge in [0.05, 0.1) is 29.9 Å². The molecule has 0 spiro atoms.